The van der Waals surface area contributed by atoms with Gasteiger partial charge in [0.15, 0.2) is 0 Å². The van der Waals surface area contributed by atoms with Gasteiger partial charge in [0.1, 0.15) is 0 Å². The fourth-order valence-corrected chi connectivity index (χ4v) is 4.25. The van der Waals surface area contributed by atoms with Gasteiger partial charge in [-0.1, -0.05) is 26.7 Å². The summed E-state index contributed by atoms with van der Waals surface area (Å²) < 4.78 is 0. The Hall–Kier alpha value is -0.410. The van der Waals surface area contributed by atoms with E-state index < -0.39 is 0 Å². The molecule has 2 rings (SSSR count). The quantitative estimate of drug-likeness (QED) is 0.876. The zero-order valence-corrected chi connectivity index (χ0v) is 12.6. The lowest BCUT2D eigenvalue weighted by molar-refractivity contribution is 0.0133. The van der Waals surface area contributed by atoms with Crippen molar-refractivity contribution < 1.29 is 5.11 Å². The molecule has 2 nitrogen and oxygen atoms in total. The van der Waals surface area contributed by atoms with Gasteiger partial charge in [0.05, 0.1) is 11.1 Å². The maximum atomic E-state index is 10.7. The van der Waals surface area contributed by atoms with Crippen LogP contribution in [0.3, 0.4) is 0 Å². The molecule has 1 fully saturated rings. The number of aliphatic hydroxyl groups excluding tert-OH is 1. The van der Waals surface area contributed by atoms with E-state index in [0.717, 1.165) is 23.5 Å². The van der Waals surface area contributed by atoms with Crippen LogP contribution in [-0.4, -0.2) is 16.2 Å². The van der Waals surface area contributed by atoms with Crippen molar-refractivity contribution in [3.63, 3.8) is 0 Å². The molecule has 18 heavy (non-hydrogen) atoms. The first-order valence-corrected chi connectivity index (χ1v) is 7.99. The molecule has 0 amide bonds. The van der Waals surface area contributed by atoms with Crippen LogP contribution in [0.5, 0.6) is 0 Å². The fourth-order valence-electron chi connectivity index (χ4n) is 3.44. The van der Waals surface area contributed by atoms with Crippen molar-refractivity contribution in [3.05, 3.63) is 16.1 Å². The maximum Gasteiger partial charge on any atom is 0.0954 e. The third-order valence-electron chi connectivity index (χ3n) is 4.16. The molecule has 1 unspecified atom stereocenters. The Balaban J connectivity index is 2.06. The Kier molecular flexibility index (Phi) is 4.44. The van der Waals surface area contributed by atoms with Crippen LogP contribution < -0.4 is 0 Å². The molecule has 1 saturated carbocycles. The van der Waals surface area contributed by atoms with E-state index in [2.05, 4.69) is 24.2 Å². The third-order valence-corrected chi connectivity index (χ3v) is 5.14. The monoisotopic (exact) mass is 267 g/mol. The number of aryl methyl sites for hydroxylation is 1. The minimum atomic E-state index is -0.215. The number of hydrogen-bond acceptors (Lipinski definition) is 3. The molecule has 1 atom stereocenters. The molecule has 1 aliphatic carbocycles. The largest absolute Gasteiger partial charge is 0.392 e. The number of thiazole rings is 1. The molecule has 1 heterocycles. The predicted octanol–water partition coefficient (Wildman–Crippen LogP) is 3.96. The van der Waals surface area contributed by atoms with E-state index in [1.165, 1.54) is 25.7 Å². The van der Waals surface area contributed by atoms with Crippen molar-refractivity contribution in [2.75, 3.05) is 0 Å². The molecule has 0 bridgehead atoms. The van der Waals surface area contributed by atoms with Crippen molar-refractivity contribution in [1.82, 2.24) is 4.98 Å². The standard InChI is InChI=1S/C15H25NOS/c1-11(2)9-15(6-4-5-7-15)13(17)8-14-16-12(3)10-18-14/h10-11,13,17H,4-9H2,1-3H3. The van der Waals surface area contributed by atoms with E-state index in [1.807, 2.05) is 6.92 Å². The summed E-state index contributed by atoms with van der Waals surface area (Å²) in [7, 11) is 0. The van der Waals surface area contributed by atoms with Crippen LogP contribution in [0.4, 0.5) is 0 Å². The molecule has 0 aromatic carbocycles. The van der Waals surface area contributed by atoms with Crippen LogP contribution in [0.25, 0.3) is 0 Å². The summed E-state index contributed by atoms with van der Waals surface area (Å²) in [6, 6.07) is 0. The number of aliphatic hydroxyl groups is 1. The van der Waals surface area contributed by atoms with E-state index in [-0.39, 0.29) is 11.5 Å². The lowest BCUT2D eigenvalue weighted by Crippen LogP contribution is -2.35. The van der Waals surface area contributed by atoms with Crippen LogP contribution in [-0.2, 0) is 6.42 Å². The van der Waals surface area contributed by atoms with Crippen LogP contribution >= 0.6 is 11.3 Å². The van der Waals surface area contributed by atoms with Gasteiger partial charge in [0.2, 0.25) is 0 Å². The summed E-state index contributed by atoms with van der Waals surface area (Å²) in [4.78, 5) is 4.49. The van der Waals surface area contributed by atoms with Gasteiger partial charge in [-0.25, -0.2) is 4.98 Å². The molecule has 0 saturated heterocycles. The van der Waals surface area contributed by atoms with Crippen molar-refractivity contribution in [1.29, 1.82) is 0 Å². The van der Waals surface area contributed by atoms with Gasteiger partial charge in [-0.05, 0) is 37.5 Å². The minimum Gasteiger partial charge on any atom is -0.392 e. The molecule has 1 N–H and O–H groups in total. The zero-order chi connectivity index (χ0) is 13.2. The van der Waals surface area contributed by atoms with Gasteiger partial charge in [-0.15, -0.1) is 11.3 Å². The van der Waals surface area contributed by atoms with Crippen LogP contribution in [0.15, 0.2) is 5.38 Å². The van der Waals surface area contributed by atoms with E-state index in [4.69, 9.17) is 0 Å². The van der Waals surface area contributed by atoms with Gasteiger partial charge >= 0.3 is 0 Å². The highest BCUT2D eigenvalue weighted by Gasteiger charge is 2.40. The average molecular weight is 267 g/mol. The summed E-state index contributed by atoms with van der Waals surface area (Å²) in [5.74, 6) is 0.663. The second-order valence-corrected chi connectivity index (χ2v) is 7.21. The molecule has 1 aromatic heterocycles. The lowest BCUT2D eigenvalue weighted by atomic mass is 9.73. The normalized spacial score (nSPS) is 20.5. The summed E-state index contributed by atoms with van der Waals surface area (Å²) in [6.07, 6.45) is 6.62. The van der Waals surface area contributed by atoms with Crippen LogP contribution in [0.1, 0.15) is 56.7 Å². The van der Waals surface area contributed by atoms with Crippen molar-refractivity contribution in [2.45, 2.75) is 65.4 Å². The third kappa shape index (κ3) is 3.12. The fraction of sp³-hybridized carbons (Fsp3) is 0.800. The van der Waals surface area contributed by atoms with Gasteiger partial charge in [-0.2, -0.15) is 0 Å². The van der Waals surface area contributed by atoms with Gasteiger partial charge in [0, 0.05) is 17.5 Å². The zero-order valence-electron chi connectivity index (χ0n) is 11.8. The smallest absolute Gasteiger partial charge is 0.0954 e. The van der Waals surface area contributed by atoms with Crippen molar-refractivity contribution in [3.8, 4) is 0 Å². The van der Waals surface area contributed by atoms with Crippen molar-refractivity contribution in [2.24, 2.45) is 11.3 Å². The second kappa shape index (κ2) is 5.70. The first-order chi connectivity index (χ1) is 8.52. The SMILES string of the molecule is Cc1csc(CC(O)C2(CC(C)C)CCCC2)n1. The molecule has 1 aliphatic rings. The molecule has 0 radical (unpaired) electrons. The summed E-state index contributed by atoms with van der Waals surface area (Å²) in [5, 5.41) is 13.8. The van der Waals surface area contributed by atoms with Gasteiger partial charge in [-0.3, -0.25) is 0 Å². The summed E-state index contributed by atoms with van der Waals surface area (Å²) in [5.41, 5.74) is 1.24. The van der Waals surface area contributed by atoms with Crippen LogP contribution in [0, 0.1) is 18.3 Å². The number of aromatic nitrogens is 1. The highest BCUT2D eigenvalue weighted by Crippen LogP contribution is 2.46. The van der Waals surface area contributed by atoms with E-state index in [0.29, 0.717) is 5.92 Å². The molecule has 102 valence electrons. The minimum absolute atomic E-state index is 0.160. The molecule has 0 aliphatic heterocycles. The Morgan fingerprint density at radius 3 is 2.56 bits per heavy atom. The predicted molar refractivity (Wildman–Crippen MR) is 76.9 cm³/mol. The molecular weight excluding hydrogens is 242 g/mol. The van der Waals surface area contributed by atoms with Crippen molar-refractivity contribution >= 4 is 11.3 Å². The maximum absolute atomic E-state index is 10.7. The Morgan fingerprint density at radius 1 is 1.39 bits per heavy atom. The van der Waals surface area contributed by atoms with Gasteiger partial charge < -0.3 is 5.11 Å². The first-order valence-electron chi connectivity index (χ1n) is 7.11. The molecular formula is C15H25NOS. The highest BCUT2D eigenvalue weighted by atomic mass is 32.1. The second-order valence-electron chi connectivity index (χ2n) is 6.27. The van der Waals surface area contributed by atoms with E-state index in [1.54, 1.807) is 11.3 Å². The topological polar surface area (TPSA) is 33.1 Å². The Morgan fingerprint density at radius 2 is 2.06 bits per heavy atom. The number of nitrogens with zero attached hydrogens (tertiary/aromatic N) is 1. The highest BCUT2D eigenvalue weighted by molar-refractivity contribution is 7.09. The van der Waals surface area contributed by atoms with E-state index >= 15 is 0 Å². The average Bonchev–Trinajstić information content (AvgIpc) is 2.88. The number of rotatable bonds is 5. The molecule has 3 heteroatoms. The lowest BCUT2D eigenvalue weighted by Gasteiger charge is -2.35. The van der Waals surface area contributed by atoms with Gasteiger partial charge in [0.25, 0.3) is 0 Å². The van der Waals surface area contributed by atoms with Crippen LogP contribution in [0.2, 0.25) is 0 Å². The molecule has 1 aromatic rings. The first kappa shape index (κ1) is 14.0. The van der Waals surface area contributed by atoms with E-state index in [9.17, 15) is 5.11 Å². The number of hydrogen-bond donors (Lipinski definition) is 1. The Bertz CT molecular complexity index is 380. The Labute approximate surface area is 114 Å². The summed E-state index contributed by atoms with van der Waals surface area (Å²) >= 11 is 1.68. The molecule has 0 spiro atoms. The summed E-state index contributed by atoms with van der Waals surface area (Å²) in [6.45, 7) is 6.55.